The highest BCUT2D eigenvalue weighted by atomic mass is 16.6. The molecule has 0 bridgehead atoms. The van der Waals surface area contributed by atoms with Crippen molar-refractivity contribution in [2.45, 2.75) is 6.92 Å². The van der Waals surface area contributed by atoms with Crippen molar-refractivity contribution in [1.82, 2.24) is 0 Å². The maximum atomic E-state index is 10.7. The third kappa shape index (κ3) is 3.52. The molecule has 0 atom stereocenters. The van der Waals surface area contributed by atoms with Crippen LogP contribution in [0.15, 0.2) is 46.6 Å². The molecule has 0 aliphatic carbocycles. The number of hydrogen-bond acceptors (Lipinski definition) is 7. The SMILES string of the molecule is CCN1CCOc2cc(N=Nc3ccc([N+](=O)[O-])cc3)c(OC)cc21. The van der Waals surface area contributed by atoms with Crippen LogP contribution in [0.2, 0.25) is 0 Å². The van der Waals surface area contributed by atoms with E-state index >= 15 is 0 Å². The van der Waals surface area contributed by atoms with Crippen molar-refractivity contribution in [3.63, 3.8) is 0 Å². The summed E-state index contributed by atoms with van der Waals surface area (Å²) in [5, 5.41) is 19.0. The molecule has 130 valence electrons. The maximum Gasteiger partial charge on any atom is 0.269 e. The fraction of sp³-hybridized carbons (Fsp3) is 0.294. The van der Waals surface area contributed by atoms with Gasteiger partial charge in [0.1, 0.15) is 23.8 Å². The second-order valence-electron chi connectivity index (χ2n) is 5.39. The van der Waals surface area contributed by atoms with E-state index in [1.165, 1.54) is 12.1 Å². The summed E-state index contributed by atoms with van der Waals surface area (Å²) in [7, 11) is 1.58. The summed E-state index contributed by atoms with van der Waals surface area (Å²) in [5.41, 5.74) is 2.04. The molecule has 0 amide bonds. The van der Waals surface area contributed by atoms with Crippen LogP contribution < -0.4 is 14.4 Å². The molecule has 8 nitrogen and oxygen atoms in total. The number of methoxy groups -OCH3 is 1. The lowest BCUT2D eigenvalue weighted by Crippen LogP contribution is -2.32. The van der Waals surface area contributed by atoms with Crippen LogP contribution >= 0.6 is 0 Å². The van der Waals surface area contributed by atoms with Crippen molar-refractivity contribution in [2.24, 2.45) is 10.2 Å². The lowest BCUT2D eigenvalue weighted by atomic mass is 10.2. The number of fused-ring (bicyclic) bond motifs is 1. The van der Waals surface area contributed by atoms with Crippen molar-refractivity contribution in [3.8, 4) is 11.5 Å². The smallest absolute Gasteiger partial charge is 0.269 e. The number of nitro benzene ring substituents is 1. The predicted octanol–water partition coefficient (Wildman–Crippen LogP) is 4.24. The van der Waals surface area contributed by atoms with Gasteiger partial charge in [-0.15, -0.1) is 5.11 Å². The highest BCUT2D eigenvalue weighted by Gasteiger charge is 2.20. The van der Waals surface area contributed by atoms with Crippen LogP contribution in [0, 0.1) is 10.1 Å². The quantitative estimate of drug-likeness (QED) is 0.460. The van der Waals surface area contributed by atoms with E-state index in [2.05, 4.69) is 22.1 Å². The van der Waals surface area contributed by atoms with E-state index in [0.717, 1.165) is 24.5 Å². The fourth-order valence-corrected chi connectivity index (χ4v) is 2.61. The largest absolute Gasteiger partial charge is 0.494 e. The summed E-state index contributed by atoms with van der Waals surface area (Å²) >= 11 is 0. The molecular weight excluding hydrogens is 324 g/mol. The fourth-order valence-electron chi connectivity index (χ4n) is 2.61. The summed E-state index contributed by atoms with van der Waals surface area (Å²) in [5.74, 6) is 1.33. The zero-order valence-electron chi connectivity index (χ0n) is 14.0. The Labute approximate surface area is 144 Å². The number of likely N-dealkylation sites (N-methyl/N-ethyl adjacent to an activating group) is 1. The van der Waals surface area contributed by atoms with Gasteiger partial charge >= 0.3 is 0 Å². The monoisotopic (exact) mass is 342 g/mol. The number of azo groups is 1. The minimum Gasteiger partial charge on any atom is -0.494 e. The van der Waals surface area contributed by atoms with Gasteiger partial charge in [-0.1, -0.05) is 0 Å². The van der Waals surface area contributed by atoms with Crippen molar-refractivity contribution in [3.05, 3.63) is 46.5 Å². The van der Waals surface area contributed by atoms with E-state index in [1.54, 1.807) is 25.3 Å². The Bertz CT molecular complexity index is 805. The van der Waals surface area contributed by atoms with Gasteiger partial charge in [0.25, 0.3) is 5.69 Å². The first-order valence-corrected chi connectivity index (χ1v) is 7.88. The zero-order valence-corrected chi connectivity index (χ0v) is 14.0. The number of ether oxygens (including phenoxy) is 2. The average molecular weight is 342 g/mol. The lowest BCUT2D eigenvalue weighted by Gasteiger charge is -2.30. The van der Waals surface area contributed by atoms with Crippen LogP contribution in [0.25, 0.3) is 0 Å². The molecule has 2 aromatic rings. The summed E-state index contributed by atoms with van der Waals surface area (Å²) in [4.78, 5) is 12.4. The molecule has 1 aliphatic heterocycles. The second-order valence-corrected chi connectivity index (χ2v) is 5.39. The Kier molecular flexibility index (Phi) is 4.78. The van der Waals surface area contributed by atoms with Gasteiger partial charge in [-0.25, -0.2) is 0 Å². The van der Waals surface area contributed by atoms with Crippen molar-refractivity contribution in [2.75, 3.05) is 31.7 Å². The highest BCUT2D eigenvalue weighted by Crippen LogP contribution is 2.42. The molecule has 1 heterocycles. The average Bonchev–Trinajstić information content (AvgIpc) is 2.65. The molecule has 8 heteroatoms. The Balaban J connectivity index is 1.90. The summed E-state index contributed by atoms with van der Waals surface area (Å²) in [6, 6.07) is 9.55. The summed E-state index contributed by atoms with van der Waals surface area (Å²) in [6.45, 7) is 4.41. The molecule has 0 saturated carbocycles. The van der Waals surface area contributed by atoms with Gasteiger partial charge in [0.05, 0.1) is 30.0 Å². The Morgan fingerprint density at radius 1 is 1.28 bits per heavy atom. The molecular formula is C17H18N4O4. The topological polar surface area (TPSA) is 89.6 Å². The summed E-state index contributed by atoms with van der Waals surface area (Å²) < 4.78 is 11.1. The normalized spacial score (nSPS) is 13.4. The highest BCUT2D eigenvalue weighted by molar-refractivity contribution is 5.70. The van der Waals surface area contributed by atoms with E-state index in [9.17, 15) is 10.1 Å². The third-order valence-electron chi connectivity index (χ3n) is 3.94. The second kappa shape index (κ2) is 7.16. The Hall–Kier alpha value is -3.16. The van der Waals surface area contributed by atoms with Crippen LogP contribution in [-0.2, 0) is 0 Å². The Morgan fingerprint density at radius 2 is 2.04 bits per heavy atom. The van der Waals surface area contributed by atoms with Crippen LogP contribution in [0.3, 0.4) is 0 Å². The molecule has 3 rings (SSSR count). The number of rotatable bonds is 5. The molecule has 0 fully saturated rings. The van der Waals surface area contributed by atoms with Crippen molar-refractivity contribution in [1.29, 1.82) is 0 Å². The number of nitro groups is 1. The molecule has 0 spiro atoms. The zero-order chi connectivity index (χ0) is 17.8. The molecule has 0 radical (unpaired) electrons. The van der Waals surface area contributed by atoms with Crippen LogP contribution in [0.5, 0.6) is 11.5 Å². The minimum atomic E-state index is -0.454. The molecule has 0 N–H and O–H groups in total. The van der Waals surface area contributed by atoms with E-state index in [0.29, 0.717) is 23.7 Å². The van der Waals surface area contributed by atoms with Crippen LogP contribution in [0.4, 0.5) is 22.7 Å². The van der Waals surface area contributed by atoms with Gasteiger partial charge < -0.3 is 14.4 Å². The van der Waals surface area contributed by atoms with E-state index in [1.807, 2.05) is 6.07 Å². The van der Waals surface area contributed by atoms with Crippen molar-refractivity contribution >= 4 is 22.7 Å². The van der Waals surface area contributed by atoms with E-state index in [4.69, 9.17) is 9.47 Å². The Morgan fingerprint density at radius 3 is 2.68 bits per heavy atom. The molecule has 25 heavy (non-hydrogen) atoms. The molecule has 0 aromatic heterocycles. The maximum absolute atomic E-state index is 10.7. The van der Waals surface area contributed by atoms with Gasteiger partial charge in [0.2, 0.25) is 0 Å². The minimum absolute atomic E-state index is 0.0124. The van der Waals surface area contributed by atoms with Crippen LogP contribution in [-0.4, -0.2) is 31.7 Å². The molecule has 0 saturated heterocycles. The van der Waals surface area contributed by atoms with Gasteiger partial charge in [-0.05, 0) is 19.1 Å². The molecule has 1 aliphatic rings. The predicted molar refractivity (Wildman–Crippen MR) is 93.6 cm³/mol. The molecule has 2 aromatic carbocycles. The van der Waals surface area contributed by atoms with Gasteiger partial charge in [0, 0.05) is 30.8 Å². The third-order valence-corrected chi connectivity index (χ3v) is 3.94. The van der Waals surface area contributed by atoms with Gasteiger partial charge in [-0.3, -0.25) is 10.1 Å². The lowest BCUT2D eigenvalue weighted by molar-refractivity contribution is -0.384. The number of benzene rings is 2. The van der Waals surface area contributed by atoms with E-state index < -0.39 is 4.92 Å². The number of anilines is 1. The molecule has 0 unspecified atom stereocenters. The van der Waals surface area contributed by atoms with Crippen molar-refractivity contribution < 1.29 is 14.4 Å². The van der Waals surface area contributed by atoms with Gasteiger partial charge in [0.15, 0.2) is 0 Å². The number of hydrogen-bond donors (Lipinski definition) is 0. The standard InChI is InChI=1S/C17H18N4O4/c1-3-20-8-9-25-17-10-14(16(24-2)11-15(17)20)19-18-12-4-6-13(7-5-12)21(22)23/h4-7,10-11H,3,8-9H2,1-2H3. The number of nitrogens with zero attached hydrogens (tertiary/aromatic N) is 4. The first-order chi connectivity index (χ1) is 12.1. The van der Waals surface area contributed by atoms with E-state index in [-0.39, 0.29) is 5.69 Å². The number of non-ortho nitro benzene ring substituents is 1. The first-order valence-electron chi connectivity index (χ1n) is 7.88. The summed E-state index contributed by atoms with van der Waals surface area (Å²) in [6.07, 6.45) is 0. The van der Waals surface area contributed by atoms with Crippen LogP contribution in [0.1, 0.15) is 6.92 Å². The van der Waals surface area contributed by atoms with Gasteiger partial charge in [-0.2, -0.15) is 5.11 Å². The first kappa shape index (κ1) is 16.7.